The van der Waals surface area contributed by atoms with E-state index in [1.54, 1.807) is 0 Å². The maximum Gasteiger partial charge on any atom is 0.145 e. The van der Waals surface area contributed by atoms with Gasteiger partial charge in [-0.2, -0.15) is 0 Å². The molecular weight excluding hydrogens is 202 g/mol. The summed E-state index contributed by atoms with van der Waals surface area (Å²) in [7, 11) is 0. The molecule has 3 heteroatoms. The molecular formula is C13H21NO2. The minimum absolute atomic E-state index is 0.234. The van der Waals surface area contributed by atoms with Crippen LogP contribution in [0.2, 0.25) is 0 Å². The van der Waals surface area contributed by atoms with Gasteiger partial charge in [-0.3, -0.25) is 0 Å². The SMILES string of the molecule is CC1(C)/C(=N/OC[C@H]2CO2)[C@]2(C)CC[C@H]1C2. The zero-order chi connectivity index (χ0) is 11.4. The molecule has 3 fully saturated rings. The van der Waals surface area contributed by atoms with E-state index in [0.29, 0.717) is 18.1 Å². The normalized spacial score (nSPS) is 46.3. The Bertz CT molecular complexity index is 326. The summed E-state index contributed by atoms with van der Waals surface area (Å²) in [6, 6.07) is 0. The van der Waals surface area contributed by atoms with Crippen molar-refractivity contribution in [3.8, 4) is 0 Å². The molecule has 0 aromatic carbocycles. The van der Waals surface area contributed by atoms with Gasteiger partial charge in [-0.1, -0.05) is 25.9 Å². The van der Waals surface area contributed by atoms with Gasteiger partial charge in [0.25, 0.3) is 0 Å². The number of hydrogen-bond acceptors (Lipinski definition) is 3. The monoisotopic (exact) mass is 223 g/mol. The Balaban J connectivity index is 1.75. The van der Waals surface area contributed by atoms with E-state index >= 15 is 0 Å². The van der Waals surface area contributed by atoms with Crippen molar-refractivity contribution in [2.24, 2.45) is 21.9 Å². The van der Waals surface area contributed by atoms with Crippen molar-refractivity contribution in [1.82, 2.24) is 0 Å². The van der Waals surface area contributed by atoms with E-state index in [0.717, 1.165) is 12.5 Å². The number of fused-ring (bicyclic) bond motifs is 2. The van der Waals surface area contributed by atoms with Crippen LogP contribution in [0.25, 0.3) is 0 Å². The summed E-state index contributed by atoms with van der Waals surface area (Å²) < 4.78 is 5.12. The van der Waals surface area contributed by atoms with E-state index in [-0.39, 0.29) is 5.41 Å². The molecule has 3 atom stereocenters. The smallest absolute Gasteiger partial charge is 0.145 e. The second-order valence-corrected chi connectivity index (χ2v) is 6.41. The molecule has 0 spiro atoms. The number of oxime groups is 1. The molecule has 0 aromatic heterocycles. The molecule has 3 aliphatic rings. The summed E-state index contributed by atoms with van der Waals surface area (Å²) in [6.07, 6.45) is 4.23. The summed E-state index contributed by atoms with van der Waals surface area (Å²) in [5, 5.41) is 4.45. The van der Waals surface area contributed by atoms with Crippen molar-refractivity contribution in [2.45, 2.75) is 46.1 Å². The highest BCUT2D eigenvalue weighted by atomic mass is 16.7. The Kier molecular flexibility index (Phi) is 2.13. The van der Waals surface area contributed by atoms with Crippen molar-refractivity contribution in [2.75, 3.05) is 13.2 Å². The zero-order valence-corrected chi connectivity index (χ0v) is 10.5. The van der Waals surface area contributed by atoms with Crippen LogP contribution in [0.1, 0.15) is 40.0 Å². The van der Waals surface area contributed by atoms with Gasteiger partial charge in [0.05, 0.1) is 12.3 Å². The summed E-state index contributed by atoms with van der Waals surface area (Å²) >= 11 is 0. The maximum atomic E-state index is 5.46. The molecule has 0 aromatic rings. The van der Waals surface area contributed by atoms with Crippen molar-refractivity contribution in [1.29, 1.82) is 0 Å². The predicted molar refractivity (Wildman–Crippen MR) is 62.4 cm³/mol. The van der Waals surface area contributed by atoms with Gasteiger partial charge >= 0.3 is 0 Å². The van der Waals surface area contributed by atoms with Crippen molar-refractivity contribution < 1.29 is 9.57 Å². The molecule has 1 saturated heterocycles. The van der Waals surface area contributed by atoms with Gasteiger partial charge < -0.3 is 9.57 Å². The highest BCUT2D eigenvalue weighted by Crippen LogP contribution is 2.60. The number of ether oxygens (including phenoxy) is 1. The highest BCUT2D eigenvalue weighted by molar-refractivity contribution is 5.97. The summed E-state index contributed by atoms with van der Waals surface area (Å²) in [4.78, 5) is 5.46. The molecule has 1 heterocycles. The van der Waals surface area contributed by atoms with Crippen LogP contribution in [0.15, 0.2) is 5.16 Å². The molecule has 3 nitrogen and oxygen atoms in total. The third-order valence-electron chi connectivity index (χ3n) is 4.76. The van der Waals surface area contributed by atoms with E-state index < -0.39 is 0 Å². The molecule has 1 aliphatic heterocycles. The zero-order valence-electron chi connectivity index (χ0n) is 10.5. The Morgan fingerprint density at radius 3 is 2.75 bits per heavy atom. The van der Waals surface area contributed by atoms with Gasteiger partial charge in [0, 0.05) is 10.8 Å². The van der Waals surface area contributed by atoms with E-state index in [4.69, 9.17) is 9.57 Å². The van der Waals surface area contributed by atoms with Crippen LogP contribution in [0.3, 0.4) is 0 Å². The first-order valence-electron chi connectivity index (χ1n) is 6.35. The second-order valence-electron chi connectivity index (χ2n) is 6.41. The Labute approximate surface area is 97.2 Å². The number of nitrogens with zero attached hydrogens (tertiary/aromatic N) is 1. The van der Waals surface area contributed by atoms with Crippen LogP contribution in [-0.4, -0.2) is 25.0 Å². The molecule has 16 heavy (non-hydrogen) atoms. The van der Waals surface area contributed by atoms with Gasteiger partial charge in [0.1, 0.15) is 12.7 Å². The summed E-state index contributed by atoms with van der Waals surface area (Å²) in [5.41, 5.74) is 1.83. The number of epoxide rings is 1. The quantitative estimate of drug-likeness (QED) is 0.544. The van der Waals surface area contributed by atoms with Crippen molar-refractivity contribution in [3.63, 3.8) is 0 Å². The molecule has 2 bridgehead atoms. The van der Waals surface area contributed by atoms with Crippen LogP contribution in [-0.2, 0) is 9.57 Å². The lowest BCUT2D eigenvalue weighted by Crippen LogP contribution is -2.36. The van der Waals surface area contributed by atoms with Crippen LogP contribution in [0, 0.1) is 16.7 Å². The van der Waals surface area contributed by atoms with Crippen molar-refractivity contribution >= 4 is 5.71 Å². The topological polar surface area (TPSA) is 34.1 Å². The fourth-order valence-corrected chi connectivity index (χ4v) is 3.62. The largest absolute Gasteiger partial charge is 0.393 e. The van der Waals surface area contributed by atoms with Crippen molar-refractivity contribution in [3.05, 3.63) is 0 Å². The molecule has 2 saturated carbocycles. The summed E-state index contributed by atoms with van der Waals surface area (Å²) in [6.45, 7) is 8.45. The predicted octanol–water partition coefficient (Wildman–Crippen LogP) is 2.60. The van der Waals surface area contributed by atoms with E-state index in [1.165, 1.54) is 25.0 Å². The molecule has 3 rings (SSSR count). The average Bonchev–Trinajstić information content (AvgIpc) is 2.90. The first kappa shape index (κ1) is 10.6. The lowest BCUT2D eigenvalue weighted by Gasteiger charge is -2.34. The van der Waals surface area contributed by atoms with Gasteiger partial charge in [-0.25, -0.2) is 0 Å². The molecule has 0 unspecified atom stereocenters. The van der Waals surface area contributed by atoms with Crippen LogP contribution in [0.5, 0.6) is 0 Å². The van der Waals surface area contributed by atoms with Crippen LogP contribution >= 0.6 is 0 Å². The Hall–Kier alpha value is -0.570. The first-order chi connectivity index (χ1) is 7.52. The minimum atomic E-state index is 0.234. The average molecular weight is 223 g/mol. The van der Waals surface area contributed by atoms with Gasteiger partial charge in [-0.05, 0) is 25.2 Å². The van der Waals surface area contributed by atoms with Crippen LogP contribution in [0.4, 0.5) is 0 Å². The highest BCUT2D eigenvalue weighted by Gasteiger charge is 2.57. The van der Waals surface area contributed by atoms with E-state index in [1.807, 2.05) is 0 Å². The fraction of sp³-hybridized carbons (Fsp3) is 0.923. The fourth-order valence-electron chi connectivity index (χ4n) is 3.62. The number of rotatable bonds is 3. The molecule has 90 valence electrons. The van der Waals surface area contributed by atoms with E-state index in [9.17, 15) is 0 Å². The van der Waals surface area contributed by atoms with E-state index in [2.05, 4.69) is 25.9 Å². The first-order valence-corrected chi connectivity index (χ1v) is 6.35. The Morgan fingerprint density at radius 1 is 1.44 bits per heavy atom. The summed E-state index contributed by atoms with van der Waals surface area (Å²) in [5.74, 6) is 0.803. The number of hydrogen-bond donors (Lipinski definition) is 0. The molecule has 0 amide bonds. The van der Waals surface area contributed by atoms with Crippen LogP contribution < -0.4 is 0 Å². The second kappa shape index (κ2) is 3.22. The van der Waals surface area contributed by atoms with Gasteiger partial charge in [0.15, 0.2) is 0 Å². The molecule has 2 aliphatic carbocycles. The maximum absolute atomic E-state index is 5.46. The Morgan fingerprint density at radius 2 is 2.19 bits per heavy atom. The van der Waals surface area contributed by atoms with Gasteiger partial charge in [0.2, 0.25) is 0 Å². The lowest BCUT2D eigenvalue weighted by molar-refractivity contribution is 0.118. The minimum Gasteiger partial charge on any atom is -0.393 e. The third-order valence-corrected chi connectivity index (χ3v) is 4.76. The molecule has 0 N–H and O–H groups in total. The lowest BCUT2D eigenvalue weighted by atomic mass is 9.71. The molecule has 0 radical (unpaired) electrons. The van der Waals surface area contributed by atoms with Gasteiger partial charge in [-0.15, -0.1) is 0 Å². The third kappa shape index (κ3) is 1.48. The standard InChI is InChI=1S/C13H21NO2/c1-12(2)9-4-5-13(3,6-9)11(12)14-16-8-10-7-15-10/h9-10H,4-8H2,1-3H3/b14-11-/t9-,10+,13+/m0/s1.